The normalized spacial score (nSPS) is 10.1. The van der Waals surface area contributed by atoms with Crippen molar-refractivity contribution in [3.05, 3.63) is 48.8 Å². The molecule has 0 aliphatic carbocycles. The van der Waals surface area contributed by atoms with E-state index in [0.717, 1.165) is 0 Å². The zero-order valence-corrected chi connectivity index (χ0v) is 11.2. The number of nitrogens with zero attached hydrogens (tertiary/aromatic N) is 1. The Morgan fingerprint density at radius 3 is 2.75 bits per heavy atom. The van der Waals surface area contributed by atoms with Gasteiger partial charge in [0.15, 0.2) is 0 Å². The summed E-state index contributed by atoms with van der Waals surface area (Å²) in [5, 5.41) is 2.79. The highest BCUT2D eigenvalue weighted by Crippen LogP contribution is 2.23. The number of carbonyl (C=O) groups excluding carboxylic acids is 1. The van der Waals surface area contributed by atoms with Gasteiger partial charge in [-0.2, -0.15) is 0 Å². The van der Waals surface area contributed by atoms with Crippen molar-refractivity contribution in [3.8, 4) is 11.5 Å². The van der Waals surface area contributed by atoms with E-state index in [9.17, 15) is 4.79 Å². The summed E-state index contributed by atoms with van der Waals surface area (Å²) in [6.45, 7) is 0.402. The highest BCUT2D eigenvalue weighted by Gasteiger charge is 2.03. The Balaban J connectivity index is 1.99. The van der Waals surface area contributed by atoms with Gasteiger partial charge in [-0.25, -0.2) is 0 Å². The van der Waals surface area contributed by atoms with Gasteiger partial charge >= 0.3 is 0 Å². The van der Waals surface area contributed by atoms with Crippen LogP contribution < -0.4 is 10.1 Å². The molecule has 1 heterocycles. The van der Waals surface area contributed by atoms with Crippen LogP contribution in [0.15, 0.2) is 48.8 Å². The summed E-state index contributed by atoms with van der Waals surface area (Å²) in [4.78, 5) is 15.5. The van der Waals surface area contributed by atoms with Crippen LogP contribution in [0.4, 0.5) is 5.69 Å². The van der Waals surface area contributed by atoms with Gasteiger partial charge in [0.2, 0.25) is 5.91 Å². The maximum Gasteiger partial charge on any atom is 0.226 e. The van der Waals surface area contributed by atoms with Gasteiger partial charge in [-0.15, -0.1) is 0 Å². The monoisotopic (exact) mass is 272 g/mol. The minimum absolute atomic E-state index is 0.0899. The molecular formula is C15H16N2O3. The first-order valence-electron chi connectivity index (χ1n) is 6.24. The summed E-state index contributed by atoms with van der Waals surface area (Å²) in [7, 11) is 1.57. The molecule has 0 saturated carbocycles. The number of hydrogen-bond donors (Lipinski definition) is 1. The number of hydrogen-bond acceptors (Lipinski definition) is 4. The number of rotatable bonds is 6. The Kier molecular flexibility index (Phi) is 5.08. The molecule has 5 heteroatoms. The second-order valence-corrected chi connectivity index (χ2v) is 4.10. The number of ether oxygens (including phenoxy) is 2. The summed E-state index contributed by atoms with van der Waals surface area (Å²) in [5.41, 5.74) is 0.692. The van der Waals surface area contributed by atoms with Crippen molar-refractivity contribution in [2.45, 2.75) is 6.42 Å². The molecule has 104 valence electrons. The molecule has 5 nitrogen and oxygen atoms in total. The number of methoxy groups -OCH3 is 1. The van der Waals surface area contributed by atoms with Crippen molar-refractivity contribution in [2.75, 3.05) is 19.0 Å². The predicted octanol–water partition coefficient (Wildman–Crippen LogP) is 2.85. The van der Waals surface area contributed by atoms with Crippen molar-refractivity contribution in [2.24, 2.45) is 0 Å². The van der Waals surface area contributed by atoms with Crippen LogP contribution in [0, 0.1) is 0 Å². The fourth-order valence-corrected chi connectivity index (χ4v) is 1.60. The van der Waals surface area contributed by atoms with Crippen LogP contribution in [0.1, 0.15) is 6.42 Å². The molecule has 1 amide bonds. The Morgan fingerprint density at radius 1 is 1.20 bits per heavy atom. The molecule has 0 radical (unpaired) electrons. The quantitative estimate of drug-likeness (QED) is 0.878. The first-order valence-corrected chi connectivity index (χ1v) is 6.24. The summed E-state index contributed by atoms with van der Waals surface area (Å²) < 4.78 is 10.5. The smallest absolute Gasteiger partial charge is 0.226 e. The van der Waals surface area contributed by atoms with Gasteiger partial charge in [0.1, 0.15) is 11.5 Å². The minimum Gasteiger partial charge on any atom is -0.457 e. The average Bonchev–Trinajstić information content (AvgIpc) is 2.46. The van der Waals surface area contributed by atoms with Crippen molar-refractivity contribution in [1.82, 2.24) is 4.98 Å². The molecule has 2 aromatic rings. The Hall–Kier alpha value is -2.40. The third-order valence-electron chi connectivity index (χ3n) is 2.54. The molecule has 1 N–H and O–H groups in total. The lowest BCUT2D eigenvalue weighted by Gasteiger charge is -2.08. The topological polar surface area (TPSA) is 60.5 Å². The van der Waals surface area contributed by atoms with Gasteiger partial charge in [0, 0.05) is 31.3 Å². The highest BCUT2D eigenvalue weighted by atomic mass is 16.5. The molecule has 0 saturated heterocycles. The zero-order chi connectivity index (χ0) is 14.2. The van der Waals surface area contributed by atoms with E-state index in [4.69, 9.17) is 9.47 Å². The number of pyridine rings is 1. The van der Waals surface area contributed by atoms with Crippen LogP contribution in [0.2, 0.25) is 0 Å². The lowest BCUT2D eigenvalue weighted by molar-refractivity contribution is -0.117. The third-order valence-corrected chi connectivity index (χ3v) is 2.54. The standard InChI is InChI=1S/C15H16N2O3/c1-19-10-7-15(18)17-12-3-2-4-14(11-12)20-13-5-8-16-9-6-13/h2-6,8-9,11H,7,10H2,1H3,(H,17,18). The van der Waals surface area contributed by atoms with Gasteiger partial charge < -0.3 is 14.8 Å². The van der Waals surface area contributed by atoms with E-state index < -0.39 is 0 Å². The largest absolute Gasteiger partial charge is 0.457 e. The maximum atomic E-state index is 11.6. The Labute approximate surface area is 117 Å². The van der Waals surface area contributed by atoms with Crippen LogP contribution >= 0.6 is 0 Å². The van der Waals surface area contributed by atoms with Gasteiger partial charge in [0.05, 0.1) is 13.0 Å². The van der Waals surface area contributed by atoms with Crippen molar-refractivity contribution in [3.63, 3.8) is 0 Å². The SMILES string of the molecule is COCCC(=O)Nc1cccc(Oc2ccncc2)c1. The van der Waals surface area contributed by atoms with E-state index in [2.05, 4.69) is 10.3 Å². The van der Waals surface area contributed by atoms with Gasteiger partial charge in [-0.05, 0) is 24.3 Å². The third kappa shape index (κ3) is 4.37. The van der Waals surface area contributed by atoms with Crippen LogP contribution in [0.5, 0.6) is 11.5 Å². The first kappa shape index (κ1) is 14.0. The number of benzene rings is 1. The molecule has 0 fully saturated rings. The number of amides is 1. The molecule has 0 bridgehead atoms. The fourth-order valence-electron chi connectivity index (χ4n) is 1.60. The van der Waals surface area contributed by atoms with Crippen LogP contribution in [0.25, 0.3) is 0 Å². The van der Waals surface area contributed by atoms with E-state index in [1.165, 1.54) is 0 Å². The summed E-state index contributed by atoms with van der Waals surface area (Å²) in [6.07, 6.45) is 3.64. The van der Waals surface area contributed by atoms with E-state index >= 15 is 0 Å². The number of aromatic nitrogens is 1. The van der Waals surface area contributed by atoms with Crippen molar-refractivity contribution in [1.29, 1.82) is 0 Å². The molecule has 20 heavy (non-hydrogen) atoms. The van der Waals surface area contributed by atoms with E-state index in [-0.39, 0.29) is 5.91 Å². The second-order valence-electron chi connectivity index (χ2n) is 4.10. The number of carbonyl (C=O) groups is 1. The molecule has 0 unspecified atom stereocenters. The molecule has 0 aliphatic rings. The van der Waals surface area contributed by atoms with E-state index in [1.807, 2.05) is 18.2 Å². The van der Waals surface area contributed by atoms with E-state index in [1.54, 1.807) is 37.7 Å². The van der Waals surface area contributed by atoms with Crippen LogP contribution in [0.3, 0.4) is 0 Å². The molecule has 1 aromatic carbocycles. The zero-order valence-electron chi connectivity index (χ0n) is 11.2. The highest BCUT2D eigenvalue weighted by molar-refractivity contribution is 5.90. The lowest BCUT2D eigenvalue weighted by Crippen LogP contribution is -2.13. The Bertz CT molecular complexity index is 558. The Morgan fingerprint density at radius 2 is 2.00 bits per heavy atom. The van der Waals surface area contributed by atoms with E-state index in [0.29, 0.717) is 30.2 Å². The van der Waals surface area contributed by atoms with Crippen LogP contribution in [-0.4, -0.2) is 24.6 Å². The molecule has 0 aliphatic heterocycles. The molecule has 2 rings (SSSR count). The number of nitrogens with one attached hydrogen (secondary N) is 1. The van der Waals surface area contributed by atoms with Crippen molar-refractivity contribution < 1.29 is 14.3 Å². The van der Waals surface area contributed by atoms with Crippen LogP contribution in [-0.2, 0) is 9.53 Å². The summed E-state index contributed by atoms with van der Waals surface area (Å²) in [6, 6.07) is 10.8. The molecule has 0 spiro atoms. The van der Waals surface area contributed by atoms with Gasteiger partial charge in [-0.3, -0.25) is 9.78 Å². The van der Waals surface area contributed by atoms with Crippen molar-refractivity contribution >= 4 is 11.6 Å². The summed E-state index contributed by atoms with van der Waals surface area (Å²) >= 11 is 0. The summed E-state index contributed by atoms with van der Waals surface area (Å²) in [5.74, 6) is 1.26. The molecule has 0 atom stereocenters. The molecule has 1 aromatic heterocycles. The first-order chi connectivity index (χ1) is 9.78. The lowest BCUT2D eigenvalue weighted by atomic mass is 10.3. The number of anilines is 1. The van der Waals surface area contributed by atoms with Gasteiger partial charge in [0.25, 0.3) is 0 Å². The fraction of sp³-hybridized carbons (Fsp3) is 0.200. The second kappa shape index (κ2) is 7.25. The minimum atomic E-state index is -0.0899. The van der Waals surface area contributed by atoms with Gasteiger partial charge in [-0.1, -0.05) is 6.07 Å². The average molecular weight is 272 g/mol. The molecular weight excluding hydrogens is 256 g/mol. The maximum absolute atomic E-state index is 11.6. The predicted molar refractivity (Wildman–Crippen MR) is 75.9 cm³/mol.